The predicted octanol–water partition coefficient (Wildman–Crippen LogP) is 5.95. The summed E-state index contributed by atoms with van der Waals surface area (Å²) in [6.07, 6.45) is 15.5. The van der Waals surface area contributed by atoms with Gasteiger partial charge in [-0.05, 0) is 36.5 Å². The van der Waals surface area contributed by atoms with Crippen molar-refractivity contribution >= 4 is 11.9 Å². The zero-order chi connectivity index (χ0) is 22.6. The molecule has 0 aliphatic carbocycles. The number of carbonyl (C=O) groups excluding carboxylic acids is 1. The molecule has 0 aromatic rings. The Labute approximate surface area is 184 Å². The van der Waals surface area contributed by atoms with E-state index in [1.54, 1.807) is 0 Å². The molecular weight excluding hydrogens is 376 g/mol. The first-order valence-corrected chi connectivity index (χ1v) is 12.0. The van der Waals surface area contributed by atoms with E-state index < -0.39 is 11.9 Å². The van der Waals surface area contributed by atoms with Gasteiger partial charge < -0.3 is 5.11 Å². The van der Waals surface area contributed by atoms with Crippen LogP contribution in [0.5, 0.6) is 0 Å². The van der Waals surface area contributed by atoms with Crippen LogP contribution in [0.4, 0.5) is 0 Å². The minimum Gasteiger partial charge on any atom is -0.481 e. The summed E-state index contributed by atoms with van der Waals surface area (Å²) in [5, 5.41) is 11.2. The van der Waals surface area contributed by atoms with E-state index in [1.165, 1.54) is 38.5 Å². The lowest BCUT2D eigenvalue weighted by atomic mass is 9.72. The lowest BCUT2D eigenvalue weighted by Crippen LogP contribution is -2.56. The van der Waals surface area contributed by atoms with Crippen molar-refractivity contribution in [1.82, 2.24) is 10.4 Å². The molecule has 1 aliphatic heterocycles. The summed E-state index contributed by atoms with van der Waals surface area (Å²) in [5.74, 6) is -1.62. The van der Waals surface area contributed by atoms with Crippen LogP contribution in [0.3, 0.4) is 0 Å². The normalized spacial score (nSPS) is 19.6. The summed E-state index contributed by atoms with van der Waals surface area (Å²) < 4.78 is 0. The van der Waals surface area contributed by atoms with E-state index in [-0.39, 0.29) is 23.2 Å². The number of carbonyl (C=O) groups is 2. The van der Waals surface area contributed by atoms with Crippen LogP contribution < -0.4 is 5.43 Å². The maximum absolute atomic E-state index is 12.8. The largest absolute Gasteiger partial charge is 0.481 e. The molecule has 174 valence electrons. The van der Waals surface area contributed by atoms with Gasteiger partial charge in [0.25, 0.3) is 0 Å². The maximum atomic E-state index is 12.8. The Morgan fingerprint density at radius 2 is 1.53 bits per heavy atom. The number of piperidine rings is 1. The van der Waals surface area contributed by atoms with E-state index in [1.807, 2.05) is 11.1 Å². The third-order valence-corrected chi connectivity index (χ3v) is 5.82. The fraction of sp³-hybridized carbons (Fsp3) is 0.840. The van der Waals surface area contributed by atoms with E-state index in [0.29, 0.717) is 6.42 Å². The fourth-order valence-corrected chi connectivity index (χ4v) is 4.91. The summed E-state index contributed by atoms with van der Waals surface area (Å²) in [6, 6.07) is 0. The van der Waals surface area contributed by atoms with Crippen molar-refractivity contribution in [3.05, 3.63) is 12.2 Å². The van der Waals surface area contributed by atoms with Crippen LogP contribution in [0.2, 0.25) is 0 Å². The average Bonchev–Trinajstić information content (AvgIpc) is 2.59. The smallest absolute Gasteiger partial charge is 0.304 e. The second-order valence-corrected chi connectivity index (χ2v) is 10.7. The van der Waals surface area contributed by atoms with E-state index in [4.69, 9.17) is 0 Å². The van der Waals surface area contributed by atoms with E-state index in [9.17, 15) is 14.7 Å². The van der Waals surface area contributed by atoms with Gasteiger partial charge in [-0.15, -0.1) is 0 Å². The molecule has 0 radical (unpaired) electrons. The quantitative estimate of drug-likeness (QED) is 0.268. The highest BCUT2D eigenvalue weighted by Crippen LogP contribution is 2.39. The Balaban J connectivity index is 2.45. The highest BCUT2D eigenvalue weighted by Gasteiger charge is 2.38. The third-order valence-electron chi connectivity index (χ3n) is 5.82. The first-order valence-electron chi connectivity index (χ1n) is 12.0. The lowest BCUT2D eigenvalue weighted by Gasteiger charge is -2.46. The van der Waals surface area contributed by atoms with Gasteiger partial charge in [-0.2, -0.15) is 0 Å². The number of nitrogens with one attached hydrogen (secondary N) is 1. The summed E-state index contributed by atoms with van der Waals surface area (Å²) >= 11 is 0. The van der Waals surface area contributed by atoms with Crippen molar-refractivity contribution in [3.63, 3.8) is 0 Å². The van der Waals surface area contributed by atoms with E-state index in [2.05, 4.69) is 46.1 Å². The molecule has 5 nitrogen and oxygen atoms in total. The summed E-state index contributed by atoms with van der Waals surface area (Å²) in [5.41, 5.74) is 3.26. The van der Waals surface area contributed by atoms with Gasteiger partial charge in [-0.3, -0.25) is 15.0 Å². The van der Waals surface area contributed by atoms with E-state index >= 15 is 0 Å². The molecule has 1 atom stereocenters. The Kier molecular flexibility index (Phi) is 11.7. The SMILES string of the molecule is CCCCCCCCCC=CCC(CC(=O)O)C(=O)NN1CC(C)(C)CC(C)(C)C1. The molecule has 1 heterocycles. The van der Waals surface area contributed by atoms with Crippen molar-refractivity contribution in [2.75, 3.05) is 13.1 Å². The number of allylic oxidation sites excluding steroid dienone is 2. The number of carboxylic acids is 1. The van der Waals surface area contributed by atoms with Gasteiger partial charge >= 0.3 is 5.97 Å². The van der Waals surface area contributed by atoms with Crippen LogP contribution in [0.15, 0.2) is 12.2 Å². The summed E-state index contributed by atoms with van der Waals surface area (Å²) in [6.45, 7) is 12.7. The van der Waals surface area contributed by atoms with E-state index in [0.717, 1.165) is 32.4 Å². The second-order valence-electron chi connectivity index (χ2n) is 10.7. The van der Waals surface area contributed by atoms with Crippen molar-refractivity contribution in [2.24, 2.45) is 16.7 Å². The van der Waals surface area contributed by atoms with Gasteiger partial charge in [0.15, 0.2) is 0 Å². The van der Waals surface area contributed by atoms with Gasteiger partial charge in [0.05, 0.1) is 12.3 Å². The van der Waals surface area contributed by atoms with Crippen molar-refractivity contribution in [1.29, 1.82) is 0 Å². The average molecular weight is 423 g/mol. The number of rotatable bonds is 14. The van der Waals surface area contributed by atoms with Crippen LogP contribution in [0.1, 0.15) is 105 Å². The first-order chi connectivity index (χ1) is 14.0. The van der Waals surface area contributed by atoms with Crippen molar-refractivity contribution in [2.45, 2.75) is 105 Å². The zero-order valence-electron chi connectivity index (χ0n) is 20.1. The van der Waals surface area contributed by atoms with Gasteiger partial charge in [0.1, 0.15) is 0 Å². The Hall–Kier alpha value is -1.36. The highest BCUT2D eigenvalue weighted by molar-refractivity contribution is 5.83. The molecule has 1 aliphatic rings. The number of nitrogens with zero attached hydrogens (tertiary/aromatic N) is 1. The first kappa shape index (κ1) is 26.7. The lowest BCUT2D eigenvalue weighted by molar-refractivity contribution is -0.143. The summed E-state index contributed by atoms with van der Waals surface area (Å²) in [7, 11) is 0. The molecule has 0 spiro atoms. The standard InChI is InChI=1S/C25H46N2O3/c1-6-7-8-9-10-11-12-13-14-15-16-21(17-22(28)29)23(30)26-27-19-24(2,3)18-25(4,5)20-27/h14-15,21H,6-13,16-20H2,1-5H3,(H,26,30)(H,28,29). The Bertz CT molecular complexity index is 539. The molecule has 1 rings (SSSR count). The molecule has 0 aromatic carbocycles. The topological polar surface area (TPSA) is 69.6 Å². The molecule has 1 saturated heterocycles. The third kappa shape index (κ3) is 11.7. The van der Waals surface area contributed by atoms with Crippen LogP contribution in [-0.2, 0) is 9.59 Å². The molecule has 1 amide bonds. The van der Waals surface area contributed by atoms with Gasteiger partial charge in [0, 0.05) is 13.1 Å². The number of amides is 1. The molecule has 0 saturated carbocycles. The molecule has 5 heteroatoms. The Morgan fingerprint density at radius 1 is 0.967 bits per heavy atom. The fourth-order valence-electron chi connectivity index (χ4n) is 4.91. The predicted molar refractivity (Wildman–Crippen MR) is 124 cm³/mol. The minimum absolute atomic E-state index is 0.119. The molecule has 0 bridgehead atoms. The summed E-state index contributed by atoms with van der Waals surface area (Å²) in [4.78, 5) is 24.1. The van der Waals surface area contributed by atoms with Crippen LogP contribution in [0, 0.1) is 16.7 Å². The monoisotopic (exact) mass is 422 g/mol. The number of hydrazine groups is 1. The second kappa shape index (κ2) is 13.1. The molecule has 2 N–H and O–H groups in total. The number of hydrogen-bond donors (Lipinski definition) is 2. The number of unbranched alkanes of at least 4 members (excludes halogenated alkanes) is 7. The van der Waals surface area contributed by atoms with Crippen LogP contribution >= 0.6 is 0 Å². The Morgan fingerprint density at radius 3 is 2.10 bits per heavy atom. The number of aliphatic carboxylic acids is 1. The van der Waals surface area contributed by atoms with Crippen molar-refractivity contribution < 1.29 is 14.7 Å². The van der Waals surface area contributed by atoms with Crippen molar-refractivity contribution in [3.8, 4) is 0 Å². The molecule has 1 fully saturated rings. The molecule has 30 heavy (non-hydrogen) atoms. The zero-order valence-corrected chi connectivity index (χ0v) is 20.1. The molecule has 0 aromatic heterocycles. The minimum atomic E-state index is -0.921. The van der Waals surface area contributed by atoms with Gasteiger partial charge in [-0.25, -0.2) is 5.01 Å². The maximum Gasteiger partial charge on any atom is 0.304 e. The van der Waals surface area contributed by atoms with Crippen LogP contribution in [-0.4, -0.2) is 35.1 Å². The number of carboxylic acid groups (broad SMARTS) is 1. The van der Waals surface area contributed by atoms with Gasteiger partial charge in [-0.1, -0.05) is 85.3 Å². The van der Waals surface area contributed by atoms with Crippen LogP contribution in [0.25, 0.3) is 0 Å². The molecule has 1 unspecified atom stereocenters. The van der Waals surface area contributed by atoms with Gasteiger partial charge in [0.2, 0.25) is 5.91 Å². The highest BCUT2D eigenvalue weighted by atomic mass is 16.4. The molecular formula is C25H46N2O3. The number of hydrogen-bond acceptors (Lipinski definition) is 3.